The normalized spacial score (nSPS) is 12.7. The second-order valence-electron chi connectivity index (χ2n) is 24.2. The Hall–Kier alpha value is -9.76. The smallest absolute Gasteiger partial charge is 0.372 e. The number of nitrogens with zero attached hydrogens (tertiary/aromatic N) is 14. The molecule has 0 fully saturated rings. The Morgan fingerprint density at radius 2 is 0.614 bits per heavy atom. The molecule has 30 nitrogen and oxygen atoms in total. The van der Waals surface area contributed by atoms with Gasteiger partial charge >= 0.3 is 46.7 Å². The lowest BCUT2D eigenvalue weighted by Crippen LogP contribution is -2.34. The molecule has 66 heteroatoms. The predicted molar refractivity (Wildman–Crippen MR) is 415 cm³/mol. The molecular formula is C66H44Cl8F24N16O14S4. The van der Waals surface area contributed by atoms with Crippen LogP contribution < -0.4 is 20.4 Å². The van der Waals surface area contributed by atoms with Crippen LogP contribution in [0, 0.1) is 45.3 Å². The zero-order valence-corrected chi connectivity index (χ0v) is 74.3. The highest BCUT2D eigenvalue weighted by molar-refractivity contribution is 7.92. The third-order valence-corrected chi connectivity index (χ3v) is 23.2. The Bertz CT molecular complexity index is 6140. The Balaban J connectivity index is 0.000000311. The fourth-order valence-corrected chi connectivity index (χ4v) is 16.2. The summed E-state index contributed by atoms with van der Waals surface area (Å²) in [6, 6.07) is 8.05. The van der Waals surface area contributed by atoms with E-state index in [1.807, 2.05) is 10.6 Å². The van der Waals surface area contributed by atoms with Gasteiger partial charge in [0, 0.05) is 40.5 Å². The van der Waals surface area contributed by atoms with Gasteiger partial charge in [-0.1, -0.05) is 92.8 Å². The molecule has 2 atom stereocenters. The van der Waals surface area contributed by atoms with E-state index in [-0.39, 0.29) is 35.8 Å². The molecular weight excluding hydrogens is 2110 g/mol. The van der Waals surface area contributed by atoms with Crippen molar-refractivity contribution in [2.45, 2.75) is 94.0 Å². The van der Waals surface area contributed by atoms with Crippen molar-refractivity contribution in [3.8, 4) is 47.0 Å². The summed E-state index contributed by atoms with van der Waals surface area (Å²) in [7, 11) is -18.5. The monoisotopic (exact) mass is 2150 g/mol. The number of halogens is 32. The lowest BCUT2D eigenvalue weighted by atomic mass is 10.2. The van der Waals surface area contributed by atoms with Crippen LogP contribution in [0.4, 0.5) is 129 Å². The van der Waals surface area contributed by atoms with Gasteiger partial charge in [-0.05, 0) is 76.2 Å². The van der Waals surface area contributed by atoms with Crippen LogP contribution in [0.3, 0.4) is 0 Å². The largest absolute Gasteiger partial charge is 0.502 e. The average molecular weight is 2150 g/mol. The third kappa shape index (κ3) is 26.0. The van der Waals surface area contributed by atoms with E-state index in [1.54, 1.807) is 0 Å². The summed E-state index contributed by atoms with van der Waals surface area (Å²) in [5.41, 5.74) is -35.1. The topological polar surface area (TPSA) is 405 Å². The Morgan fingerprint density at radius 3 is 0.909 bits per heavy atom. The zero-order chi connectivity index (χ0) is 101. The molecule has 0 aliphatic carbocycles. The van der Waals surface area contributed by atoms with Crippen LogP contribution in [0.15, 0.2) is 68.1 Å². The number of nitriles is 4. The molecule has 0 radical (unpaired) electrons. The van der Waals surface area contributed by atoms with Crippen LogP contribution in [0.25, 0.3) is 22.7 Å². The number of alkyl halides is 24. The van der Waals surface area contributed by atoms with Gasteiger partial charge in [0.05, 0.1) is 62.4 Å². The minimum Gasteiger partial charge on any atom is -0.372 e. The number of anilines is 4. The maximum Gasteiger partial charge on any atom is 0.502 e. The first-order valence-electron chi connectivity index (χ1n) is 33.8. The second kappa shape index (κ2) is 43.7. The summed E-state index contributed by atoms with van der Waals surface area (Å²) < 4.78 is 410. The Labute approximate surface area is 767 Å². The summed E-state index contributed by atoms with van der Waals surface area (Å²) in [5.74, 6) is -8.34. The SMILES string of the molecule is CCOCC(=O)N(C)c1c(S(=O)(=O)C(F)(F)F)c(C#N)nn1-c1c(Cl)cc(C(F)(F)F)cc1Cl.CCOCC(=O)N(C)c1c(S(=O)C(F)(F)F)c(C#N)nn1-c1c(Cl)cc(C(F)(F)F)cc1Cl.CCOCC(=O)Nc1c(S(=O)(=O)C(F)(F)F)c(C#N)nn1-c1c(Cl)cc(C(F)(F)F)cc1Cl.CCOCC(=O)Nc1c(S(=O)C(F)(F)F)c(C#N)nn1-c1c(Cl)cc(C(F)(F)F)cc1Cl. The summed E-state index contributed by atoms with van der Waals surface area (Å²) in [6.45, 7) is 3.45. The lowest BCUT2D eigenvalue weighted by Gasteiger charge is -2.22. The van der Waals surface area contributed by atoms with Crippen molar-refractivity contribution < 1.29 is 169 Å². The molecule has 8 aromatic rings. The summed E-state index contributed by atoms with van der Waals surface area (Å²) in [4.78, 5) is 44.1. The fourth-order valence-electron chi connectivity index (χ4n) is 9.91. The first-order chi connectivity index (χ1) is 60.4. The molecule has 4 amide bonds. The first-order valence-corrected chi connectivity index (χ1v) is 42.1. The highest BCUT2D eigenvalue weighted by atomic mass is 35.5. The van der Waals surface area contributed by atoms with E-state index in [2.05, 4.69) is 20.4 Å². The van der Waals surface area contributed by atoms with Crippen LogP contribution >= 0.6 is 92.8 Å². The van der Waals surface area contributed by atoms with Gasteiger partial charge in [-0.3, -0.25) is 29.0 Å². The minimum absolute atomic E-state index is 0.000392. The summed E-state index contributed by atoms with van der Waals surface area (Å²) in [5, 5.41) is 48.6. The number of hydrogen-bond donors (Lipinski definition) is 2. The van der Waals surface area contributed by atoms with Crippen LogP contribution in [0.1, 0.15) is 72.7 Å². The molecule has 8 rings (SSSR count). The van der Waals surface area contributed by atoms with E-state index >= 15 is 0 Å². The van der Waals surface area contributed by atoms with Crippen molar-refractivity contribution in [2.75, 3.05) is 87.4 Å². The number of aromatic nitrogens is 8. The van der Waals surface area contributed by atoms with Crippen molar-refractivity contribution in [1.82, 2.24) is 39.1 Å². The van der Waals surface area contributed by atoms with Crippen LogP contribution in [0.5, 0.6) is 0 Å². The number of sulfone groups is 2. The number of hydrogen-bond acceptors (Lipinski definition) is 22. The quantitative estimate of drug-likeness (QED) is 0.0531. The van der Waals surface area contributed by atoms with E-state index in [0.717, 1.165) is 20.2 Å². The minimum atomic E-state index is -6.30. The van der Waals surface area contributed by atoms with E-state index in [1.165, 1.54) is 45.9 Å². The lowest BCUT2D eigenvalue weighted by molar-refractivity contribution is -0.138. The maximum atomic E-state index is 13.4. The first kappa shape index (κ1) is 113. The molecule has 2 unspecified atom stereocenters. The number of nitrogens with one attached hydrogen (secondary N) is 2. The molecule has 0 aliphatic rings. The maximum absolute atomic E-state index is 13.4. The number of carbonyl (C=O) groups is 4. The molecule has 4 heterocycles. The fraction of sp³-hybridized carbons (Fsp3) is 0.333. The molecule has 4 aromatic carbocycles. The zero-order valence-electron chi connectivity index (χ0n) is 65.0. The molecule has 0 bridgehead atoms. The summed E-state index contributed by atoms with van der Waals surface area (Å²) >= 11 is 47.1. The number of likely N-dealkylation sites (N-methyl/N-ethyl adjacent to an activating group) is 2. The van der Waals surface area contributed by atoms with Gasteiger partial charge in [-0.15, -0.1) is 0 Å². The van der Waals surface area contributed by atoms with Gasteiger partial charge < -0.3 is 29.6 Å². The highest BCUT2D eigenvalue weighted by Crippen LogP contribution is 2.49. The molecule has 720 valence electrons. The molecule has 132 heavy (non-hydrogen) atoms. The number of amides is 4. The second-order valence-corrected chi connectivity index (χ2v) is 34.0. The Morgan fingerprint density at radius 1 is 0.379 bits per heavy atom. The predicted octanol–water partition coefficient (Wildman–Crippen LogP) is 18.1. The van der Waals surface area contributed by atoms with Gasteiger partial charge in [0.25, 0.3) is 43.3 Å². The number of ether oxygens (including phenoxy) is 4. The van der Waals surface area contributed by atoms with E-state index < -0.39 is 289 Å². The average Bonchev–Trinajstić information content (AvgIpc) is 1.55. The van der Waals surface area contributed by atoms with Gasteiger partial charge in [0.1, 0.15) is 83.2 Å². The third-order valence-electron chi connectivity index (χ3n) is 15.5. The molecule has 0 saturated heterocycles. The van der Waals surface area contributed by atoms with E-state index in [0.29, 0.717) is 67.7 Å². The number of rotatable bonds is 24. The molecule has 4 aromatic heterocycles. The molecule has 0 aliphatic heterocycles. The molecule has 0 spiro atoms. The van der Waals surface area contributed by atoms with E-state index in [9.17, 15) is 171 Å². The van der Waals surface area contributed by atoms with Crippen LogP contribution in [-0.2, 0) is 104 Å². The number of carbonyl (C=O) groups excluding carboxylic acids is 4. The van der Waals surface area contributed by atoms with Crippen molar-refractivity contribution in [2.24, 2.45) is 0 Å². The number of benzene rings is 4. The summed E-state index contributed by atoms with van der Waals surface area (Å²) in [6.07, 6.45) is -19.5. The Kier molecular flexibility index (Phi) is 37.3. The van der Waals surface area contributed by atoms with Crippen LogP contribution in [0.2, 0.25) is 40.2 Å². The van der Waals surface area contributed by atoms with Crippen molar-refractivity contribution in [1.29, 1.82) is 21.0 Å². The van der Waals surface area contributed by atoms with Crippen molar-refractivity contribution >= 4 is 181 Å². The molecule has 2 N–H and O–H groups in total. The standard InChI is InChI=1S/C17H12Cl2F6N4O4S.C17H12Cl2F6N4O3S.C16H10Cl2F6N4O4S.C16H10Cl2F6N4O3S/c1-3-33-7-12(30)28(2)15-14(34(31,32)17(23,24)25)11(6-26)27-29(15)13-9(18)4-8(5-10(13)19)16(20,21)22;1-3-32-7-12(30)28(2)15-14(33(31)17(23,24)25)11(6-26)27-29(15)13-9(18)4-8(5-10(13)19)16(20,21)22;1-2-32-6-11(29)26-14-13(33(30,31)16(22,23)24)10(5-25)27-28(14)12-8(17)3-7(4-9(12)18)15(19,20)21;1-2-31-6-11(29)26-14-13(32(30)16(22,23)24)10(5-25)27-28(14)12-8(17)3-7(4-9(12)18)15(19,20)21/h4-5H,3,7H2,1-2H3;4-5H,3,7H2,1-2H3;3-4H,2,6H2,1H3,(H,26,29);3-4H,2,6H2,1H3,(H,26,29). The van der Waals surface area contributed by atoms with Gasteiger partial charge in [0.15, 0.2) is 77.4 Å². The van der Waals surface area contributed by atoms with E-state index in [4.69, 9.17) is 112 Å². The van der Waals surface area contributed by atoms with Gasteiger partial charge in [-0.25, -0.2) is 44.0 Å². The van der Waals surface area contributed by atoms with Gasteiger partial charge in [-0.2, -0.15) is 147 Å². The molecule has 0 saturated carbocycles. The van der Waals surface area contributed by atoms with Crippen molar-refractivity contribution in [3.63, 3.8) is 0 Å². The highest BCUT2D eigenvalue weighted by Gasteiger charge is 2.55. The van der Waals surface area contributed by atoms with Crippen molar-refractivity contribution in [3.05, 3.63) is 134 Å². The van der Waals surface area contributed by atoms with Crippen LogP contribution in [-0.4, -0.2) is 177 Å². The van der Waals surface area contributed by atoms with Gasteiger partial charge in [0.2, 0.25) is 0 Å².